The summed E-state index contributed by atoms with van der Waals surface area (Å²) < 4.78 is 16.0. The lowest BCUT2D eigenvalue weighted by Gasteiger charge is -2.11. The van der Waals surface area contributed by atoms with Crippen molar-refractivity contribution in [3.8, 4) is 11.5 Å². The van der Waals surface area contributed by atoms with Crippen molar-refractivity contribution in [3.05, 3.63) is 64.7 Å². The Morgan fingerprint density at radius 2 is 1.88 bits per heavy atom. The van der Waals surface area contributed by atoms with Crippen molar-refractivity contribution in [2.24, 2.45) is 0 Å². The van der Waals surface area contributed by atoms with Gasteiger partial charge in [0.15, 0.2) is 11.5 Å². The van der Waals surface area contributed by atoms with Crippen LogP contribution in [0, 0.1) is 0 Å². The quantitative estimate of drug-likeness (QED) is 0.547. The van der Waals surface area contributed by atoms with Gasteiger partial charge in [0.2, 0.25) is 0 Å². The molecule has 0 aliphatic carbocycles. The Morgan fingerprint density at radius 3 is 2.54 bits per heavy atom. The molecule has 24 heavy (non-hydrogen) atoms. The maximum atomic E-state index is 11.4. The molecule has 0 saturated carbocycles. The summed E-state index contributed by atoms with van der Waals surface area (Å²) in [6.07, 6.45) is 3.06. The van der Waals surface area contributed by atoms with E-state index in [0.717, 1.165) is 11.1 Å². The normalized spacial score (nSPS) is 10.6. The maximum Gasteiger partial charge on any atom is 0.330 e. The number of esters is 1. The minimum absolute atomic E-state index is 0.348. The third-order valence-electron chi connectivity index (χ3n) is 3.19. The molecule has 0 spiro atoms. The van der Waals surface area contributed by atoms with Crippen molar-refractivity contribution in [1.29, 1.82) is 0 Å². The highest BCUT2D eigenvalue weighted by atomic mass is 35.5. The first-order chi connectivity index (χ1) is 11.6. The molecule has 0 aliphatic heterocycles. The van der Waals surface area contributed by atoms with Crippen molar-refractivity contribution in [3.63, 3.8) is 0 Å². The fourth-order valence-corrected chi connectivity index (χ4v) is 2.13. The number of hydrogen-bond acceptors (Lipinski definition) is 4. The second kappa shape index (κ2) is 8.99. The number of benzene rings is 2. The zero-order valence-electron chi connectivity index (χ0n) is 13.6. The largest absolute Gasteiger partial charge is 0.493 e. The second-order valence-corrected chi connectivity index (χ2v) is 5.35. The minimum Gasteiger partial charge on any atom is -0.493 e. The van der Waals surface area contributed by atoms with Crippen LogP contribution in [0.5, 0.6) is 11.5 Å². The number of ether oxygens (including phenoxy) is 3. The first-order valence-corrected chi connectivity index (χ1v) is 7.90. The number of carbonyl (C=O) groups excluding carboxylic acids is 1. The predicted octanol–water partition coefficient (Wildman–Crippen LogP) is 4.50. The van der Waals surface area contributed by atoms with Crippen LogP contribution in [0.25, 0.3) is 6.08 Å². The van der Waals surface area contributed by atoms with E-state index < -0.39 is 0 Å². The van der Waals surface area contributed by atoms with Crippen LogP contribution in [0.1, 0.15) is 18.1 Å². The third kappa shape index (κ3) is 5.32. The van der Waals surface area contributed by atoms with Crippen LogP contribution < -0.4 is 9.47 Å². The molecule has 4 nitrogen and oxygen atoms in total. The van der Waals surface area contributed by atoms with Crippen molar-refractivity contribution in [1.82, 2.24) is 0 Å². The van der Waals surface area contributed by atoms with Crippen molar-refractivity contribution in [2.75, 3.05) is 13.7 Å². The summed E-state index contributed by atoms with van der Waals surface area (Å²) >= 11 is 5.87. The van der Waals surface area contributed by atoms with Gasteiger partial charge >= 0.3 is 5.97 Å². The monoisotopic (exact) mass is 346 g/mol. The smallest absolute Gasteiger partial charge is 0.330 e. The van der Waals surface area contributed by atoms with Gasteiger partial charge in [-0.3, -0.25) is 0 Å². The summed E-state index contributed by atoms with van der Waals surface area (Å²) in [4.78, 5) is 11.4. The number of hydrogen-bond donors (Lipinski definition) is 0. The lowest BCUT2D eigenvalue weighted by molar-refractivity contribution is -0.137. The molecule has 5 heteroatoms. The highest BCUT2D eigenvalue weighted by Crippen LogP contribution is 2.29. The van der Waals surface area contributed by atoms with Crippen molar-refractivity contribution in [2.45, 2.75) is 13.5 Å². The van der Waals surface area contributed by atoms with Crippen LogP contribution in [-0.4, -0.2) is 19.7 Å². The van der Waals surface area contributed by atoms with Gasteiger partial charge in [0.05, 0.1) is 13.7 Å². The lowest BCUT2D eigenvalue weighted by atomic mass is 10.2. The standard InChI is InChI=1S/C19H19ClO4/c1-3-23-19(21)11-7-14-6-10-17(22-2)18(12-14)24-13-15-4-8-16(20)9-5-15/h4-12H,3,13H2,1-2H3/b11-7+. The molecule has 0 aliphatic rings. The Balaban J connectivity index is 2.10. The van der Waals surface area contributed by atoms with Gasteiger partial charge in [0.25, 0.3) is 0 Å². The van der Waals surface area contributed by atoms with Gasteiger partial charge in [-0.1, -0.05) is 29.8 Å². The van der Waals surface area contributed by atoms with E-state index in [9.17, 15) is 4.79 Å². The number of halogens is 1. The topological polar surface area (TPSA) is 44.8 Å². The van der Waals surface area contributed by atoms with Crippen molar-refractivity contribution < 1.29 is 19.0 Å². The molecule has 0 amide bonds. The highest BCUT2D eigenvalue weighted by Gasteiger charge is 2.06. The number of methoxy groups -OCH3 is 1. The van der Waals surface area contributed by atoms with Crippen LogP contribution in [0.4, 0.5) is 0 Å². The summed E-state index contributed by atoms with van der Waals surface area (Å²) in [5.41, 5.74) is 1.81. The molecule has 0 fully saturated rings. The Hall–Kier alpha value is -2.46. The molecule has 0 atom stereocenters. The molecule has 0 N–H and O–H groups in total. The maximum absolute atomic E-state index is 11.4. The van der Waals surface area contributed by atoms with E-state index in [-0.39, 0.29) is 5.97 Å². The van der Waals surface area contributed by atoms with E-state index in [1.807, 2.05) is 36.4 Å². The van der Waals surface area contributed by atoms with E-state index in [2.05, 4.69) is 0 Å². The van der Waals surface area contributed by atoms with E-state index in [4.69, 9.17) is 25.8 Å². The highest BCUT2D eigenvalue weighted by molar-refractivity contribution is 6.30. The summed E-state index contributed by atoms with van der Waals surface area (Å²) in [6, 6.07) is 12.9. The minimum atomic E-state index is -0.378. The van der Waals surface area contributed by atoms with Crippen molar-refractivity contribution >= 4 is 23.6 Å². The van der Waals surface area contributed by atoms with Gasteiger partial charge in [0, 0.05) is 11.1 Å². The molecule has 2 aromatic carbocycles. The molecule has 126 valence electrons. The molecule has 0 bridgehead atoms. The molecule has 0 unspecified atom stereocenters. The number of carbonyl (C=O) groups is 1. The van der Waals surface area contributed by atoms with E-state index in [1.54, 1.807) is 26.2 Å². The fraction of sp³-hybridized carbons (Fsp3) is 0.211. The summed E-state index contributed by atoms with van der Waals surface area (Å²) in [6.45, 7) is 2.50. The Labute approximate surface area is 146 Å². The molecule has 2 rings (SSSR count). The average Bonchev–Trinajstić information content (AvgIpc) is 2.60. The lowest BCUT2D eigenvalue weighted by Crippen LogP contribution is -1.99. The average molecular weight is 347 g/mol. The van der Waals surface area contributed by atoms with E-state index in [1.165, 1.54) is 6.08 Å². The zero-order valence-corrected chi connectivity index (χ0v) is 14.4. The van der Waals surface area contributed by atoms with Gasteiger partial charge in [-0.25, -0.2) is 4.79 Å². The summed E-state index contributed by atoms with van der Waals surface area (Å²) in [5, 5.41) is 0.683. The Morgan fingerprint density at radius 1 is 1.12 bits per heavy atom. The fourth-order valence-electron chi connectivity index (χ4n) is 2.01. The molecule has 0 radical (unpaired) electrons. The Bertz CT molecular complexity index is 708. The van der Waals surface area contributed by atoms with Crippen LogP contribution in [0.15, 0.2) is 48.5 Å². The summed E-state index contributed by atoms with van der Waals surface area (Å²) in [7, 11) is 1.58. The van der Waals surface area contributed by atoms with Crippen LogP contribution in [0.3, 0.4) is 0 Å². The van der Waals surface area contributed by atoms with Gasteiger partial charge in [-0.15, -0.1) is 0 Å². The van der Waals surface area contributed by atoms with Crippen LogP contribution >= 0.6 is 11.6 Å². The second-order valence-electron chi connectivity index (χ2n) is 4.91. The molecule has 0 heterocycles. The zero-order chi connectivity index (χ0) is 17.4. The first kappa shape index (κ1) is 17.9. The SMILES string of the molecule is CCOC(=O)/C=C/c1ccc(OC)c(OCc2ccc(Cl)cc2)c1. The van der Waals surface area contributed by atoms with Crippen LogP contribution in [-0.2, 0) is 16.1 Å². The molecular weight excluding hydrogens is 328 g/mol. The number of rotatable bonds is 7. The Kier molecular flexibility index (Phi) is 6.70. The van der Waals surface area contributed by atoms with Gasteiger partial charge in [-0.2, -0.15) is 0 Å². The first-order valence-electron chi connectivity index (χ1n) is 7.52. The van der Waals surface area contributed by atoms with E-state index >= 15 is 0 Å². The predicted molar refractivity (Wildman–Crippen MR) is 94.4 cm³/mol. The molecule has 2 aromatic rings. The molecule has 0 saturated heterocycles. The van der Waals surface area contributed by atoms with Gasteiger partial charge in [-0.05, 0) is 48.4 Å². The third-order valence-corrected chi connectivity index (χ3v) is 3.45. The van der Waals surface area contributed by atoms with Gasteiger partial charge in [0.1, 0.15) is 6.61 Å². The summed E-state index contributed by atoms with van der Waals surface area (Å²) in [5.74, 6) is 0.840. The molecular formula is C19H19ClO4. The molecule has 0 aromatic heterocycles. The van der Waals surface area contributed by atoms with E-state index in [0.29, 0.717) is 29.7 Å². The van der Waals surface area contributed by atoms with Crippen LogP contribution in [0.2, 0.25) is 5.02 Å². The van der Waals surface area contributed by atoms with Gasteiger partial charge < -0.3 is 14.2 Å².